The minimum atomic E-state index is -1.04. The predicted molar refractivity (Wildman–Crippen MR) is 95.0 cm³/mol. The summed E-state index contributed by atoms with van der Waals surface area (Å²) in [5, 5.41) is 0. The van der Waals surface area contributed by atoms with Crippen molar-refractivity contribution in [2.24, 2.45) is 11.8 Å². The number of para-hydroxylation sites is 1. The molecule has 7 nitrogen and oxygen atoms in total. The van der Waals surface area contributed by atoms with Crippen molar-refractivity contribution in [1.29, 1.82) is 0 Å². The molecule has 0 spiro atoms. The number of esters is 1. The Morgan fingerprint density at radius 1 is 1.11 bits per heavy atom. The molecule has 2 fully saturated rings. The standard InChI is InChI=1S/C20H23NO6/c1-12(21-18(23)13-7-3-4-8-14(13)19(21)24)20(25)27-11-16(22)15-9-5-6-10-17(15)26-2/h5-6,9-10,12-14H,3-4,7-8,11H2,1-2H3/t12-,13-,14+/m0/s1. The lowest BCUT2D eigenvalue weighted by molar-refractivity contribution is -0.157. The number of imide groups is 1. The Morgan fingerprint density at radius 2 is 1.70 bits per heavy atom. The fourth-order valence-corrected chi connectivity index (χ4v) is 3.89. The van der Waals surface area contributed by atoms with Gasteiger partial charge in [-0.1, -0.05) is 25.0 Å². The van der Waals surface area contributed by atoms with E-state index in [1.54, 1.807) is 24.3 Å². The van der Waals surface area contributed by atoms with Crippen molar-refractivity contribution in [1.82, 2.24) is 4.90 Å². The molecule has 0 bridgehead atoms. The van der Waals surface area contributed by atoms with Gasteiger partial charge in [-0.2, -0.15) is 0 Å². The second-order valence-electron chi connectivity index (χ2n) is 6.95. The summed E-state index contributed by atoms with van der Waals surface area (Å²) in [6.45, 7) is 0.982. The number of ketones is 1. The number of ether oxygens (including phenoxy) is 2. The predicted octanol–water partition coefficient (Wildman–Crippen LogP) is 1.98. The van der Waals surface area contributed by atoms with Gasteiger partial charge in [-0.05, 0) is 31.9 Å². The van der Waals surface area contributed by atoms with E-state index < -0.39 is 24.4 Å². The number of carbonyl (C=O) groups excluding carboxylic acids is 4. The maximum atomic E-state index is 12.6. The lowest BCUT2D eigenvalue weighted by Gasteiger charge is -2.21. The number of carbonyl (C=O) groups is 4. The zero-order valence-corrected chi connectivity index (χ0v) is 15.5. The Kier molecular flexibility index (Phi) is 5.58. The summed E-state index contributed by atoms with van der Waals surface area (Å²) in [5.74, 6) is -2.04. The molecule has 1 aliphatic heterocycles. The number of hydrogen-bond acceptors (Lipinski definition) is 6. The number of methoxy groups -OCH3 is 1. The van der Waals surface area contributed by atoms with Crippen LogP contribution in [0.4, 0.5) is 0 Å². The van der Waals surface area contributed by atoms with E-state index in [9.17, 15) is 19.2 Å². The minimum Gasteiger partial charge on any atom is -0.496 e. The van der Waals surface area contributed by atoms with Crippen LogP contribution < -0.4 is 4.74 Å². The quantitative estimate of drug-likeness (QED) is 0.430. The van der Waals surface area contributed by atoms with Crippen LogP contribution >= 0.6 is 0 Å². The maximum Gasteiger partial charge on any atom is 0.329 e. The number of nitrogens with zero attached hydrogens (tertiary/aromatic N) is 1. The van der Waals surface area contributed by atoms with Crippen LogP contribution in [0, 0.1) is 11.8 Å². The number of amides is 2. The Hall–Kier alpha value is -2.70. The van der Waals surface area contributed by atoms with Gasteiger partial charge < -0.3 is 9.47 Å². The van der Waals surface area contributed by atoms with Crippen LogP contribution in [0.5, 0.6) is 5.75 Å². The Bertz CT molecular complexity index is 749. The number of benzene rings is 1. The van der Waals surface area contributed by atoms with Crippen molar-refractivity contribution in [2.75, 3.05) is 13.7 Å². The third-order valence-corrected chi connectivity index (χ3v) is 5.36. The number of likely N-dealkylation sites (tertiary alicyclic amines) is 1. The van der Waals surface area contributed by atoms with Gasteiger partial charge in [0.2, 0.25) is 17.6 Å². The fourth-order valence-electron chi connectivity index (χ4n) is 3.89. The van der Waals surface area contributed by atoms with Crippen molar-refractivity contribution < 1.29 is 28.7 Å². The molecule has 0 radical (unpaired) electrons. The molecule has 2 aliphatic rings. The van der Waals surface area contributed by atoms with E-state index in [4.69, 9.17) is 9.47 Å². The van der Waals surface area contributed by atoms with Crippen LogP contribution in [-0.4, -0.2) is 48.2 Å². The van der Waals surface area contributed by atoms with Gasteiger partial charge >= 0.3 is 5.97 Å². The topological polar surface area (TPSA) is 90.0 Å². The summed E-state index contributed by atoms with van der Waals surface area (Å²) in [4.78, 5) is 50.8. The van der Waals surface area contributed by atoms with Gasteiger partial charge in [-0.15, -0.1) is 0 Å². The molecule has 7 heteroatoms. The number of rotatable bonds is 6. The first-order valence-electron chi connectivity index (χ1n) is 9.15. The number of hydrogen-bond donors (Lipinski definition) is 0. The Morgan fingerprint density at radius 3 is 2.30 bits per heavy atom. The molecule has 1 aliphatic carbocycles. The molecule has 0 aromatic heterocycles. The van der Waals surface area contributed by atoms with Gasteiger partial charge in [0.25, 0.3) is 0 Å². The van der Waals surface area contributed by atoms with E-state index in [0.29, 0.717) is 24.2 Å². The molecule has 3 atom stereocenters. The highest BCUT2D eigenvalue weighted by molar-refractivity contribution is 6.08. The average Bonchev–Trinajstić information content (AvgIpc) is 2.96. The van der Waals surface area contributed by atoms with E-state index in [1.165, 1.54) is 14.0 Å². The van der Waals surface area contributed by atoms with Crippen LogP contribution in [0.2, 0.25) is 0 Å². The summed E-state index contributed by atoms with van der Waals surface area (Å²) >= 11 is 0. The summed E-state index contributed by atoms with van der Waals surface area (Å²) in [7, 11) is 1.45. The summed E-state index contributed by atoms with van der Waals surface area (Å²) < 4.78 is 10.2. The van der Waals surface area contributed by atoms with Crippen LogP contribution in [0.1, 0.15) is 43.0 Å². The van der Waals surface area contributed by atoms with E-state index in [-0.39, 0.29) is 23.7 Å². The van der Waals surface area contributed by atoms with E-state index >= 15 is 0 Å². The molecular weight excluding hydrogens is 350 g/mol. The van der Waals surface area contributed by atoms with Crippen LogP contribution in [0.3, 0.4) is 0 Å². The Labute approximate surface area is 157 Å². The van der Waals surface area contributed by atoms with Crippen LogP contribution in [0.25, 0.3) is 0 Å². The highest BCUT2D eigenvalue weighted by Gasteiger charge is 2.51. The summed E-state index contributed by atoms with van der Waals surface area (Å²) in [6, 6.07) is 5.59. The van der Waals surface area contributed by atoms with Crippen molar-refractivity contribution in [3.05, 3.63) is 29.8 Å². The molecule has 1 saturated carbocycles. The largest absolute Gasteiger partial charge is 0.496 e. The van der Waals surface area contributed by atoms with Crippen molar-refractivity contribution in [3.8, 4) is 5.75 Å². The Balaban J connectivity index is 1.63. The van der Waals surface area contributed by atoms with Gasteiger partial charge in [0.15, 0.2) is 6.61 Å². The lowest BCUT2D eigenvalue weighted by atomic mass is 9.81. The lowest BCUT2D eigenvalue weighted by Crippen LogP contribution is -2.44. The molecule has 3 rings (SSSR count). The molecule has 0 N–H and O–H groups in total. The molecule has 144 valence electrons. The zero-order chi connectivity index (χ0) is 19.6. The smallest absolute Gasteiger partial charge is 0.329 e. The third kappa shape index (κ3) is 3.59. The van der Waals surface area contributed by atoms with E-state index in [1.807, 2.05) is 0 Å². The zero-order valence-electron chi connectivity index (χ0n) is 15.5. The third-order valence-electron chi connectivity index (χ3n) is 5.36. The fraction of sp³-hybridized carbons (Fsp3) is 0.500. The minimum absolute atomic E-state index is 0.301. The SMILES string of the molecule is COc1ccccc1C(=O)COC(=O)[C@H](C)N1C(=O)[C@H]2CCCC[C@H]2C1=O. The molecule has 0 unspecified atom stereocenters. The van der Waals surface area contributed by atoms with E-state index in [0.717, 1.165) is 17.7 Å². The summed E-state index contributed by atoms with van der Waals surface area (Å²) in [6.07, 6.45) is 3.19. The molecule has 27 heavy (non-hydrogen) atoms. The summed E-state index contributed by atoms with van der Waals surface area (Å²) in [5.41, 5.74) is 0.305. The van der Waals surface area contributed by atoms with Crippen molar-refractivity contribution in [3.63, 3.8) is 0 Å². The highest BCUT2D eigenvalue weighted by atomic mass is 16.5. The molecule has 2 amide bonds. The molecule has 1 aromatic rings. The molecule has 1 heterocycles. The van der Waals surface area contributed by atoms with Gasteiger partial charge in [0, 0.05) is 0 Å². The van der Waals surface area contributed by atoms with Gasteiger partial charge in [-0.3, -0.25) is 19.3 Å². The second kappa shape index (κ2) is 7.90. The number of fused-ring (bicyclic) bond motifs is 1. The first kappa shape index (κ1) is 19.1. The van der Waals surface area contributed by atoms with Crippen molar-refractivity contribution in [2.45, 2.75) is 38.6 Å². The normalized spacial score (nSPS) is 23.0. The first-order chi connectivity index (χ1) is 13.0. The molecule has 1 aromatic carbocycles. The van der Waals surface area contributed by atoms with Crippen LogP contribution in [0.15, 0.2) is 24.3 Å². The second-order valence-corrected chi connectivity index (χ2v) is 6.95. The number of Topliss-reactive ketones (excluding diaryl/α,β-unsaturated/α-hetero) is 1. The van der Waals surface area contributed by atoms with Crippen LogP contribution in [-0.2, 0) is 19.1 Å². The van der Waals surface area contributed by atoms with E-state index in [2.05, 4.69) is 0 Å². The average molecular weight is 373 g/mol. The van der Waals surface area contributed by atoms with Gasteiger partial charge in [0.1, 0.15) is 11.8 Å². The molecular formula is C20H23NO6. The monoisotopic (exact) mass is 373 g/mol. The maximum absolute atomic E-state index is 12.6. The van der Waals surface area contributed by atoms with Gasteiger partial charge in [-0.25, -0.2) is 4.79 Å². The van der Waals surface area contributed by atoms with Crippen molar-refractivity contribution >= 4 is 23.6 Å². The molecule has 1 saturated heterocycles. The highest BCUT2D eigenvalue weighted by Crippen LogP contribution is 2.38. The van der Waals surface area contributed by atoms with Gasteiger partial charge in [0.05, 0.1) is 24.5 Å². The first-order valence-corrected chi connectivity index (χ1v) is 9.15.